The first-order chi connectivity index (χ1) is 9.58. The second-order valence-electron chi connectivity index (χ2n) is 4.11. The average molecular weight is 289 g/mol. The van der Waals surface area contributed by atoms with Gasteiger partial charge in [0.1, 0.15) is 5.65 Å². The van der Waals surface area contributed by atoms with Crippen molar-refractivity contribution in [1.29, 1.82) is 0 Å². The minimum absolute atomic E-state index is 0.182. The van der Waals surface area contributed by atoms with E-state index < -0.39 is 17.0 Å². The highest BCUT2D eigenvalue weighted by Crippen LogP contribution is 2.16. The highest BCUT2D eigenvalue weighted by atomic mass is 35.5. The monoisotopic (exact) mass is 288 g/mol. The van der Waals surface area contributed by atoms with E-state index in [-0.39, 0.29) is 5.39 Å². The maximum Gasteiger partial charge on any atom is 0.201 e. The summed E-state index contributed by atoms with van der Waals surface area (Å²) >= 11 is 5.81. The lowest BCUT2D eigenvalue weighted by atomic mass is 10.2. The fourth-order valence-corrected chi connectivity index (χ4v) is 2.06. The van der Waals surface area contributed by atoms with Crippen molar-refractivity contribution in [1.82, 2.24) is 14.8 Å². The van der Waals surface area contributed by atoms with Gasteiger partial charge in [-0.3, -0.25) is 4.79 Å². The van der Waals surface area contributed by atoms with Crippen LogP contribution < -0.4 is 10.5 Å². The van der Waals surface area contributed by atoms with Crippen LogP contribution in [-0.2, 0) is 0 Å². The number of H-pyrrole nitrogens is 1. The molecule has 0 bridgehead atoms. The van der Waals surface area contributed by atoms with E-state index in [0.717, 1.165) is 6.20 Å². The summed E-state index contributed by atoms with van der Waals surface area (Å²) in [5.74, 6) is -1.52. The predicted molar refractivity (Wildman–Crippen MR) is 71.0 cm³/mol. The Morgan fingerprint density at radius 1 is 1.30 bits per heavy atom. The summed E-state index contributed by atoms with van der Waals surface area (Å²) in [6, 6.07) is 6.86. The molecule has 3 rings (SSSR count). The Hall–Kier alpha value is -2.60. The molecule has 2 heterocycles. The number of nitrogens with zero attached hydrogens (tertiary/aromatic N) is 2. The van der Waals surface area contributed by atoms with Gasteiger partial charge in [-0.2, -0.15) is 5.10 Å². The van der Waals surface area contributed by atoms with Gasteiger partial charge in [0.25, 0.3) is 0 Å². The molecule has 0 aliphatic heterocycles. The van der Waals surface area contributed by atoms with Gasteiger partial charge >= 0.3 is 0 Å². The van der Waals surface area contributed by atoms with Gasteiger partial charge in [0.15, 0.2) is 0 Å². The van der Waals surface area contributed by atoms with E-state index in [2.05, 4.69) is 10.1 Å². The molecule has 7 heteroatoms. The van der Waals surface area contributed by atoms with Crippen LogP contribution in [0.2, 0.25) is 5.02 Å². The molecule has 0 spiro atoms. The Bertz CT molecular complexity index is 865. The summed E-state index contributed by atoms with van der Waals surface area (Å²) in [5.41, 5.74) is 0.0516. The van der Waals surface area contributed by atoms with Crippen LogP contribution in [0.5, 0.6) is 0 Å². The molecule has 0 saturated heterocycles. The first-order valence-electron chi connectivity index (χ1n) is 5.64. The maximum atomic E-state index is 12.0. The zero-order chi connectivity index (χ0) is 14.3. The van der Waals surface area contributed by atoms with Gasteiger partial charge in [0.05, 0.1) is 28.8 Å². The highest BCUT2D eigenvalue weighted by Gasteiger charge is 2.11. The van der Waals surface area contributed by atoms with Gasteiger partial charge in [0, 0.05) is 11.2 Å². The molecule has 0 unspecified atom stereocenters. The van der Waals surface area contributed by atoms with E-state index in [4.69, 9.17) is 11.6 Å². The standard InChI is InChI=1S/C13H8ClN3O3/c14-7-1-3-8(4-2-7)17-12-9(6-16-17)11(18)10(5-15-12)13(19)20/h1-6H,(H,15,18)(H,19,20)/p-1. The summed E-state index contributed by atoms with van der Waals surface area (Å²) in [6.07, 6.45) is 2.42. The van der Waals surface area contributed by atoms with Gasteiger partial charge in [-0.05, 0) is 24.3 Å². The molecule has 0 aliphatic carbocycles. The van der Waals surface area contributed by atoms with Gasteiger partial charge in [0.2, 0.25) is 5.43 Å². The molecular formula is C13H7ClN3O3-. The molecule has 0 fully saturated rings. The van der Waals surface area contributed by atoms with Crippen LogP contribution in [0.1, 0.15) is 10.4 Å². The largest absolute Gasteiger partial charge is 0.545 e. The van der Waals surface area contributed by atoms with E-state index in [9.17, 15) is 14.7 Å². The van der Waals surface area contributed by atoms with Crippen molar-refractivity contribution < 1.29 is 9.90 Å². The highest BCUT2D eigenvalue weighted by molar-refractivity contribution is 6.30. The Morgan fingerprint density at radius 2 is 2.00 bits per heavy atom. The third-order valence-electron chi connectivity index (χ3n) is 2.90. The van der Waals surface area contributed by atoms with Crippen LogP contribution in [0.25, 0.3) is 16.7 Å². The molecule has 2 aromatic heterocycles. The first-order valence-corrected chi connectivity index (χ1v) is 6.02. The number of aromatic carboxylic acids is 1. The number of fused-ring (bicyclic) bond motifs is 1. The number of nitrogens with one attached hydrogen (secondary N) is 1. The molecule has 6 nitrogen and oxygen atoms in total. The van der Waals surface area contributed by atoms with E-state index in [1.807, 2.05) is 0 Å². The van der Waals surface area contributed by atoms with E-state index in [1.54, 1.807) is 24.3 Å². The second kappa shape index (κ2) is 4.50. The zero-order valence-electron chi connectivity index (χ0n) is 9.96. The number of rotatable bonds is 2. The molecule has 0 radical (unpaired) electrons. The predicted octanol–water partition coefficient (Wildman–Crippen LogP) is 0.731. The number of hydrogen-bond acceptors (Lipinski definition) is 4. The molecule has 0 aliphatic rings. The van der Waals surface area contributed by atoms with Crippen molar-refractivity contribution in [3.8, 4) is 5.69 Å². The number of benzene rings is 1. The summed E-state index contributed by atoms with van der Waals surface area (Å²) in [7, 11) is 0. The van der Waals surface area contributed by atoms with E-state index in [0.29, 0.717) is 16.4 Å². The van der Waals surface area contributed by atoms with Crippen LogP contribution >= 0.6 is 11.6 Å². The third-order valence-corrected chi connectivity index (χ3v) is 3.15. The van der Waals surface area contributed by atoms with Gasteiger partial charge < -0.3 is 14.9 Å². The number of carbonyl (C=O) groups excluding carboxylic acids is 1. The molecule has 1 aromatic carbocycles. The average Bonchev–Trinajstić information content (AvgIpc) is 2.84. The molecule has 20 heavy (non-hydrogen) atoms. The minimum atomic E-state index is -1.52. The quantitative estimate of drug-likeness (QED) is 0.752. The van der Waals surface area contributed by atoms with Crippen LogP contribution in [0.15, 0.2) is 41.5 Å². The number of aromatic nitrogens is 3. The number of carboxylic acid groups (broad SMARTS) is 1. The van der Waals surface area contributed by atoms with Crippen molar-refractivity contribution in [2.45, 2.75) is 0 Å². The third kappa shape index (κ3) is 1.86. The van der Waals surface area contributed by atoms with Crippen molar-refractivity contribution in [3.63, 3.8) is 0 Å². The SMILES string of the molecule is O=C([O-])c1c[nH]c2c(cnn2-c2ccc(Cl)cc2)c1=O. The lowest BCUT2D eigenvalue weighted by Gasteiger charge is -2.05. The first kappa shape index (κ1) is 12.4. The second-order valence-corrected chi connectivity index (χ2v) is 4.55. The van der Waals surface area contributed by atoms with Crippen LogP contribution in [-0.4, -0.2) is 20.7 Å². The number of pyridine rings is 1. The summed E-state index contributed by atoms with van der Waals surface area (Å²) in [4.78, 5) is 25.5. The summed E-state index contributed by atoms with van der Waals surface area (Å²) in [6.45, 7) is 0. The fraction of sp³-hybridized carbons (Fsp3) is 0. The summed E-state index contributed by atoms with van der Waals surface area (Å²) in [5, 5.41) is 15.7. The van der Waals surface area contributed by atoms with Crippen LogP contribution in [0, 0.1) is 0 Å². The van der Waals surface area contributed by atoms with E-state index in [1.165, 1.54) is 10.9 Å². The maximum absolute atomic E-state index is 12.0. The van der Waals surface area contributed by atoms with Gasteiger partial charge in [-0.25, -0.2) is 4.68 Å². The Balaban J connectivity index is 2.25. The van der Waals surface area contributed by atoms with Crippen LogP contribution in [0.3, 0.4) is 0 Å². The molecule has 0 saturated carbocycles. The lowest BCUT2D eigenvalue weighted by molar-refractivity contribution is -0.255. The lowest BCUT2D eigenvalue weighted by Crippen LogP contribution is -2.29. The topological polar surface area (TPSA) is 90.8 Å². The van der Waals surface area contributed by atoms with Crippen LogP contribution in [0.4, 0.5) is 0 Å². The van der Waals surface area contributed by atoms with E-state index >= 15 is 0 Å². The van der Waals surface area contributed by atoms with Crippen molar-refractivity contribution in [3.05, 3.63) is 57.5 Å². The van der Waals surface area contributed by atoms with Crippen molar-refractivity contribution in [2.75, 3.05) is 0 Å². The fourth-order valence-electron chi connectivity index (χ4n) is 1.93. The van der Waals surface area contributed by atoms with Crippen molar-refractivity contribution in [2.24, 2.45) is 0 Å². The number of carboxylic acids is 1. The molecule has 100 valence electrons. The molecular weight excluding hydrogens is 282 g/mol. The smallest absolute Gasteiger partial charge is 0.201 e. The number of hydrogen-bond donors (Lipinski definition) is 1. The van der Waals surface area contributed by atoms with Gasteiger partial charge in [-0.15, -0.1) is 0 Å². The van der Waals surface area contributed by atoms with Crippen molar-refractivity contribution >= 4 is 28.6 Å². The molecule has 0 amide bonds. The minimum Gasteiger partial charge on any atom is -0.545 e. The molecule has 3 aromatic rings. The number of halogens is 1. The molecule has 1 N–H and O–H groups in total. The molecule has 0 atom stereocenters. The Kier molecular flexibility index (Phi) is 2.80. The Labute approximate surface area is 117 Å². The zero-order valence-corrected chi connectivity index (χ0v) is 10.7. The number of carbonyl (C=O) groups is 1. The Morgan fingerprint density at radius 3 is 2.65 bits per heavy atom. The summed E-state index contributed by atoms with van der Waals surface area (Å²) < 4.78 is 1.49. The normalized spacial score (nSPS) is 10.8. The van der Waals surface area contributed by atoms with Gasteiger partial charge in [-0.1, -0.05) is 11.6 Å². The number of aromatic amines is 1.